The van der Waals surface area contributed by atoms with Crippen LogP contribution in [0.5, 0.6) is 0 Å². The highest BCUT2D eigenvalue weighted by Crippen LogP contribution is 2.38. The maximum absolute atomic E-state index is 4.87. The number of anilines is 1. The Morgan fingerprint density at radius 2 is 1.89 bits per heavy atom. The molecule has 0 atom stereocenters. The largest absolute Gasteiger partial charge is 0.349 e. The molecule has 0 amide bonds. The summed E-state index contributed by atoms with van der Waals surface area (Å²) in [5.41, 5.74) is 3.08. The van der Waals surface area contributed by atoms with E-state index >= 15 is 0 Å². The van der Waals surface area contributed by atoms with Crippen LogP contribution in [0, 0.1) is 5.92 Å². The third kappa shape index (κ3) is 2.69. The molecule has 1 aliphatic carbocycles. The van der Waals surface area contributed by atoms with Gasteiger partial charge in [0.1, 0.15) is 5.82 Å². The minimum absolute atomic E-state index is 0.108. The van der Waals surface area contributed by atoms with Crippen LogP contribution < -0.4 is 4.90 Å². The summed E-state index contributed by atoms with van der Waals surface area (Å²) in [6, 6.07) is 4.56. The molecule has 0 saturated heterocycles. The Labute approximate surface area is 158 Å². The standard InChI is InChI=1S/C19H26N8/c1-12-9-13(10-12)26-15-11-25(8-7-14(15)20-24-26)17-6-5-16-21-22-18(19(2,3)4)27(16)23-17/h5-6,12-13H,7-11H2,1-4H3. The summed E-state index contributed by atoms with van der Waals surface area (Å²) in [6.45, 7) is 10.4. The van der Waals surface area contributed by atoms with E-state index in [1.54, 1.807) is 0 Å². The van der Waals surface area contributed by atoms with Crippen molar-refractivity contribution in [3.05, 3.63) is 29.3 Å². The average molecular weight is 366 g/mol. The van der Waals surface area contributed by atoms with Crippen LogP contribution in [0.3, 0.4) is 0 Å². The van der Waals surface area contributed by atoms with Gasteiger partial charge in [0.05, 0.1) is 24.0 Å². The molecule has 4 heterocycles. The summed E-state index contributed by atoms with van der Waals surface area (Å²) in [5, 5.41) is 22.4. The highest BCUT2D eigenvalue weighted by atomic mass is 15.5. The lowest BCUT2D eigenvalue weighted by Crippen LogP contribution is -2.35. The summed E-state index contributed by atoms with van der Waals surface area (Å²) < 4.78 is 4.05. The summed E-state index contributed by atoms with van der Waals surface area (Å²) in [6.07, 6.45) is 3.32. The Kier molecular flexibility index (Phi) is 3.54. The monoisotopic (exact) mass is 366 g/mol. The van der Waals surface area contributed by atoms with Gasteiger partial charge in [0.25, 0.3) is 0 Å². The molecule has 27 heavy (non-hydrogen) atoms. The van der Waals surface area contributed by atoms with Crippen molar-refractivity contribution in [3.8, 4) is 0 Å². The van der Waals surface area contributed by atoms with Crippen LogP contribution in [0.25, 0.3) is 5.65 Å². The van der Waals surface area contributed by atoms with Gasteiger partial charge in [-0.1, -0.05) is 32.9 Å². The first-order chi connectivity index (χ1) is 12.9. The van der Waals surface area contributed by atoms with Crippen LogP contribution in [0.1, 0.15) is 63.8 Å². The van der Waals surface area contributed by atoms with Crippen molar-refractivity contribution >= 4 is 11.5 Å². The number of aromatic nitrogens is 7. The summed E-state index contributed by atoms with van der Waals surface area (Å²) in [4.78, 5) is 2.32. The maximum Gasteiger partial charge on any atom is 0.178 e. The molecule has 0 spiro atoms. The van der Waals surface area contributed by atoms with E-state index in [2.05, 4.69) is 57.8 Å². The molecule has 1 aliphatic heterocycles. The van der Waals surface area contributed by atoms with Crippen molar-refractivity contribution < 1.29 is 0 Å². The first kappa shape index (κ1) is 16.6. The van der Waals surface area contributed by atoms with Crippen molar-refractivity contribution in [1.29, 1.82) is 0 Å². The normalized spacial score (nSPS) is 22.7. The molecule has 142 valence electrons. The molecule has 0 unspecified atom stereocenters. The fraction of sp³-hybridized carbons (Fsp3) is 0.632. The van der Waals surface area contributed by atoms with Gasteiger partial charge in [-0.3, -0.25) is 0 Å². The molecule has 0 aromatic carbocycles. The molecule has 0 N–H and O–H groups in total. The van der Waals surface area contributed by atoms with Gasteiger partial charge in [0.15, 0.2) is 11.5 Å². The highest BCUT2D eigenvalue weighted by Gasteiger charge is 2.33. The Hall–Kier alpha value is -2.51. The van der Waals surface area contributed by atoms with Crippen molar-refractivity contribution in [1.82, 2.24) is 34.8 Å². The second-order valence-electron chi connectivity index (χ2n) is 9.06. The Bertz CT molecular complexity index is 989. The van der Waals surface area contributed by atoms with Crippen molar-refractivity contribution in [3.63, 3.8) is 0 Å². The molecular formula is C19H26N8. The van der Waals surface area contributed by atoms with E-state index in [1.165, 1.54) is 18.5 Å². The second-order valence-corrected chi connectivity index (χ2v) is 9.06. The van der Waals surface area contributed by atoms with Gasteiger partial charge in [0.2, 0.25) is 0 Å². The Balaban J connectivity index is 1.47. The number of hydrogen-bond acceptors (Lipinski definition) is 6. The van der Waals surface area contributed by atoms with Gasteiger partial charge in [-0.05, 0) is 30.9 Å². The van der Waals surface area contributed by atoms with Crippen molar-refractivity contribution in [2.75, 3.05) is 11.4 Å². The number of nitrogens with zero attached hydrogens (tertiary/aromatic N) is 8. The molecular weight excluding hydrogens is 340 g/mol. The van der Waals surface area contributed by atoms with Crippen LogP contribution in [-0.2, 0) is 18.4 Å². The zero-order valence-electron chi connectivity index (χ0n) is 16.4. The predicted molar refractivity (Wildman–Crippen MR) is 102 cm³/mol. The molecule has 5 rings (SSSR count). The fourth-order valence-corrected chi connectivity index (χ4v) is 4.17. The van der Waals surface area contributed by atoms with Crippen LogP contribution >= 0.6 is 0 Å². The van der Waals surface area contributed by atoms with Gasteiger partial charge < -0.3 is 4.90 Å². The van der Waals surface area contributed by atoms with E-state index in [-0.39, 0.29) is 5.41 Å². The van der Waals surface area contributed by atoms with Gasteiger partial charge in [-0.15, -0.1) is 20.4 Å². The van der Waals surface area contributed by atoms with E-state index in [0.717, 1.165) is 48.4 Å². The highest BCUT2D eigenvalue weighted by molar-refractivity contribution is 5.47. The maximum atomic E-state index is 4.87. The summed E-state index contributed by atoms with van der Waals surface area (Å²) in [7, 11) is 0. The molecule has 0 radical (unpaired) electrons. The number of hydrogen-bond donors (Lipinski definition) is 0. The molecule has 1 fully saturated rings. The fourth-order valence-electron chi connectivity index (χ4n) is 4.17. The zero-order chi connectivity index (χ0) is 18.8. The van der Waals surface area contributed by atoms with Gasteiger partial charge in [-0.2, -0.15) is 4.52 Å². The van der Waals surface area contributed by atoms with Crippen LogP contribution in [-0.4, -0.2) is 41.4 Å². The van der Waals surface area contributed by atoms with Gasteiger partial charge in [0, 0.05) is 18.4 Å². The smallest absolute Gasteiger partial charge is 0.178 e. The minimum atomic E-state index is -0.108. The van der Waals surface area contributed by atoms with E-state index in [9.17, 15) is 0 Å². The van der Waals surface area contributed by atoms with Crippen LogP contribution in [0.2, 0.25) is 0 Å². The quantitative estimate of drug-likeness (QED) is 0.694. The lowest BCUT2D eigenvalue weighted by Gasteiger charge is -2.35. The molecule has 2 aliphatic rings. The molecule has 8 nitrogen and oxygen atoms in total. The zero-order valence-corrected chi connectivity index (χ0v) is 16.4. The summed E-state index contributed by atoms with van der Waals surface area (Å²) in [5.74, 6) is 2.63. The van der Waals surface area contributed by atoms with E-state index in [4.69, 9.17) is 5.10 Å². The van der Waals surface area contributed by atoms with Crippen molar-refractivity contribution in [2.45, 2.75) is 65.0 Å². The predicted octanol–water partition coefficient (Wildman–Crippen LogP) is 2.55. The van der Waals surface area contributed by atoms with Crippen LogP contribution in [0.4, 0.5) is 5.82 Å². The summed E-state index contributed by atoms with van der Waals surface area (Å²) >= 11 is 0. The van der Waals surface area contributed by atoms with Crippen molar-refractivity contribution in [2.24, 2.45) is 5.92 Å². The molecule has 3 aromatic rings. The van der Waals surface area contributed by atoms with E-state index < -0.39 is 0 Å². The SMILES string of the molecule is CC1CC(n2nnc3c2CN(c2ccc4nnc(C(C)(C)C)n4n2)CC3)C1. The Morgan fingerprint density at radius 3 is 2.63 bits per heavy atom. The average Bonchev–Trinajstić information content (AvgIpc) is 3.21. The molecule has 3 aromatic heterocycles. The molecule has 8 heteroatoms. The first-order valence-electron chi connectivity index (χ1n) is 9.81. The van der Waals surface area contributed by atoms with E-state index in [0.29, 0.717) is 6.04 Å². The number of fused-ring (bicyclic) bond motifs is 2. The third-order valence-corrected chi connectivity index (χ3v) is 5.77. The van der Waals surface area contributed by atoms with E-state index in [1.807, 2.05) is 16.6 Å². The van der Waals surface area contributed by atoms with Crippen LogP contribution in [0.15, 0.2) is 12.1 Å². The topological polar surface area (TPSA) is 77.0 Å². The Morgan fingerprint density at radius 1 is 1.07 bits per heavy atom. The lowest BCUT2D eigenvalue weighted by molar-refractivity contribution is 0.193. The molecule has 0 bridgehead atoms. The van der Waals surface area contributed by atoms with Gasteiger partial charge in [-0.25, -0.2) is 4.68 Å². The minimum Gasteiger partial charge on any atom is -0.349 e. The first-order valence-corrected chi connectivity index (χ1v) is 9.81. The second kappa shape index (κ2) is 5.74. The lowest BCUT2D eigenvalue weighted by atomic mass is 9.82. The third-order valence-electron chi connectivity index (χ3n) is 5.77. The molecule has 1 saturated carbocycles. The number of rotatable bonds is 2. The van der Waals surface area contributed by atoms with Gasteiger partial charge >= 0.3 is 0 Å².